The van der Waals surface area contributed by atoms with Crippen molar-refractivity contribution in [3.63, 3.8) is 0 Å². The topological polar surface area (TPSA) is 91.7 Å². The average molecular weight is 375 g/mol. The molecule has 2 amide bonds. The van der Waals surface area contributed by atoms with Gasteiger partial charge < -0.3 is 20.0 Å². The van der Waals surface area contributed by atoms with Gasteiger partial charge in [-0.2, -0.15) is 0 Å². The number of carbonyl (C=O) groups excluding carboxylic acids is 2. The summed E-state index contributed by atoms with van der Waals surface area (Å²) in [7, 11) is 0. The predicted octanol–water partition coefficient (Wildman–Crippen LogP) is 2.12. The summed E-state index contributed by atoms with van der Waals surface area (Å²) < 4.78 is 5.25. The number of hydrogen-bond acceptors (Lipinski definition) is 5. The maximum absolute atomic E-state index is 12.7. The molecule has 0 bridgehead atoms. The minimum absolute atomic E-state index is 0.0339. The van der Waals surface area contributed by atoms with E-state index in [-0.39, 0.29) is 23.6 Å². The summed E-state index contributed by atoms with van der Waals surface area (Å²) in [5, 5.41) is 6.48. The number of nitrogens with zero attached hydrogens (tertiary/aromatic N) is 1. The Morgan fingerprint density at radius 2 is 1.89 bits per heavy atom. The molecule has 28 heavy (non-hydrogen) atoms. The molecule has 2 aliphatic heterocycles. The fraction of sp³-hybridized carbons (Fsp3) is 0.190. The fourth-order valence-electron chi connectivity index (χ4n) is 3.98. The van der Waals surface area contributed by atoms with E-state index in [4.69, 9.17) is 4.42 Å². The first-order chi connectivity index (χ1) is 13.6. The zero-order chi connectivity index (χ0) is 19.3. The first-order valence-electron chi connectivity index (χ1n) is 9.10. The van der Waals surface area contributed by atoms with Crippen molar-refractivity contribution in [2.75, 3.05) is 16.8 Å². The molecule has 2 aromatic carbocycles. The van der Waals surface area contributed by atoms with Gasteiger partial charge in [-0.1, -0.05) is 30.3 Å². The monoisotopic (exact) mass is 375 g/mol. The Morgan fingerprint density at radius 1 is 1.11 bits per heavy atom. The van der Waals surface area contributed by atoms with Gasteiger partial charge in [0.1, 0.15) is 17.2 Å². The van der Waals surface area contributed by atoms with E-state index in [1.807, 2.05) is 35.2 Å². The van der Waals surface area contributed by atoms with E-state index >= 15 is 0 Å². The van der Waals surface area contributed by atoms with Crippen LogP contribution in [0.5, 0.6) is 0 Å². The Morgan fingerprint density at radius 3 is 2.79 bits per heavy atom. The molecule has 0 aliphatic carbocycles. The summed E-state index contributed by atoms with van der Waals surface area (Å²) in [6.45, 7) is 0.500. The molecule has 0 radical (unpaired) electrons. The number of carbonyl (C=O) groups is 2. The van der Waals surface area contributed by atoms with Crippen molar-refractivity contribution in [1.82, 2.24) is 5.32 Å². The second-order valence-corrected chi connectivity index (χ2v) is 7.07. The van der Waals surface area contributed by atoms with Crippen molar-refractivity contribution < 1.29 is 14.0 Å². The molecule has 1 fully saturated rings. The van der Waals surface area contributed by atoms with Gasteiger partial charge in [0, 0.05) is 18.0 Å². The van der Waals surface area contributed by atoms with Crippen LogP contribution in [0, 0.1) is 0 Å². The fourth-order valence-corrected chi connectivity index (χ4v) is 3.98. The van der Waals surface area contributed by atoms with Gasteiger partial charge in [0.05, 0.1) is 11.4 Å². The third-order valence-electron chi connectivity index (χ3n) is 5.30. The summed E-state index contributed by atoms with van der Waals surface area (Å²) in [5.74, 6) is -0.571. The summed E-state index contributed by atoms with van der Waals surface area (Å²) in [5.41, 5.74) is 1.44. The van der Waals surface area contributed by atoms with Crippen LogP contribution in [-0.4, -0.2) is 30.4 Å². The molecule has 2 N–H and O–H groups in total. The standard InChI is InChI=1S/C21H17N3O4/c25-19(14-9-12-5-1-4-8-18(12)28-21(14)27)22-13-10-17-20(26)23-15-6-2-3-7-16(15)24(17)11-13/h1-9,13,17H,10-11H2,(H,22,25)(H,23,26). The van der Waals surface area contributed by atoms with E-state index in [9.17, 15) is 14.4 Å². The van der Waals surface area contributed by atoms with Gasteiger partial charge in [-0.3, -0.25) is 9.59 Å². The van der Waals surface area contributed by atoms with Gasteiger partial charge in [-0.25, -0.2) is 4.79 Å². The van der Waals surface area contributed by atoms with E-state index < -0.39 is 11.5 Å². The molecule has 2 atom stereocenters. The lowest BCUT2D eigenvalue weighted by Gasteiger charge is -2.32. The van der Waals surface area contributed by atoms with Gasteiger partial charge in [0.2, 0.25) is 5.91 Å². The van der Waals surface area contributed by atoms with Crippen molar-refractivity contribution in [2.45, 2.75) is 18.5 Å². The second kappa shape index (κ2) is 6.23. The third-order valence-corrected chi connectivity index (χ3v) is 5.30. The largest absolute Gasteiger partial charge is 0.422 e. The lowest BCUT2D eigenvalue weighted by molar-refractivity contribution is -0.117. The number of anilines is 2. The molecule has 2 aliphatic rings. The van der Waals surface area contributed by atoms with Gasteiger partial charge in [0.15, 0.2) is 0 Å². The van der Waals surface area contributed by atoms with E-state index in [1.165, 1.54) is 0 Å². The van der Waals surface area contributed by atoms with Gasteiger partial charge in [0.25, 0.3) is 5.91 Å². The van der Waals surface area contributed by atoms with E-state index in [0.717, 1.165) is 11.4 Å². The summed E-state index contributed by atoms with van der Waals surface area (Å²) in [4.78, 5) is 39.3. The highest BCUT2D eigenvalue weighted by molar-refractivity contribution is 6.04. The molecule has 0 saturated carbocycles. The maximum Gasteiger partial charge on any atom is 0.349 e. The Balaban J connectivity index is 1.39. The second-order valence-electron chi connectivity index (χ2n) is 7.07. The zero-order valence-electron chi connectivity index (χ0n) is 14.8. The summed E-state index contributed by atoms with van der Waals surface area (Å²) in [6, 6.07) is 15.6. The maximum atomic E-state index is 12.7. The number of nitrogens with one attached hydrogen (secondary N) is 2. The number of amides is 2. The highest BCUT2D eigenvalue weighted by Gasteiger charge is 2.41. The average Bonchev–Trinajstić information content (AvgIpc) is 3.12. The molecular weight excluding hydrogens is 358 g/mol. The minimum Gasteiger partial charge on any atom is -0.422 e. The smallest absolute Gasteiger partial charge is 0.349 e. The van der Waals surface area contributed by atoms with Crippen molar-refractivity contribution >= 4 is 34.2 Å². The van der Waals surface area contributed by atoms with Crippen LogP contribution in [0.4, 0.5) is 11.4 Å². The normalized spacial score (nSPS) is 20.4. The van der Waals surface area contributed by atoms with Crippen molar-refractivity contribution in [1.29, 1.82) is 0 Å². The van der Waals surface area contributed by atoms with E-state index in [2.05, 4.69) is 10.6 Å². The van der Waals surface area contributed by atoms with E-state index in [1.54, 1.807) is 24.3 Å². The molecule has 7 heteroatoms. The molecule has 1 saturated heterocycles. The van der Waals surface area contributed by atoms with Gasteiger partial charge in [-0.15, -0.1) is 0 Å². The van der Waals surface area contributed by atoms with Crippen LogP contribution in [0.2, 0.25) is 0 Å². The SMILES string of the molecule is O=C(NC1CC2C(=O)Nc3ccccc3N2C1)c1cc2ccccc2oc1=O. The number of fused-ring (bicyclic) bond motifs is 4. The van der Waals surface area contributed by atoms with Crippen molar-refractivity contribution in [3.05, 3.63) is 70.6 Å². The van der Waals surface area contributed by atoms with Crippen molar-refractivity contribution in [2.24, 2.45) is 0 Å². The molecule has 3 aromatic rings. The predicted molar refractivity (Wildman–Crippen MR) is 105 cm³/mol. The molecule has 7 nitrogen and oxygen atoms in total. The number of benzene rings is 2. The molecule has 1 aromatic heterocycles. The Bertz CT molecular complexity index is 1170. The lowest BCUT2D eigenvalue weighted by atomic mass is 10.1. The van der Waals surface area contributed by atoms with Crippen LogP contribution in [0.1, 0.15) is 16.8 Å². The molecule has 5 rings (SSSR count). The van der Waals surface area contributed by atoms with E-state index in [0.29, 0.717) is 23.9 Å². The Kier molecular flexibility index (Phi) is 3.68. The van der Waals surface area contributed by atoms with Crippen LogP contribution >= 0.6 is 0 Å². The van der Waals surface area contributed by atoms with Gasteiger partial charge >= 0.3 is 5.63 Å². The molecule has 140 valence electrons. The van der Waals surface area contributed by atoms with Crippen LogP contribution in [0.3, 0.4) is 0 Å². The number of rotatable bonds is 2. The van der Waals surface area contributed by atoms with Crippen LogP contribution in [-0.2, 0) is 4.79 Å². The summed E-state index contributed by atoms with van der Waals surface area (Å²) in [6.07, 6.45) is 0.477. The quantitative estimate of drug-likeness (QED) is 0.670. The van der Waals surface area contributed by atoms with Crippen LogP contribution in [0.25, 0.3) is 11.0 Å². The molecule has 0 spiro atoms. The first kappa shape index (κ1) is 16.6. The summed E-state index contributed by atoms with van der Waals surface area (Å²) >= 11 is 0. The molecule has 2 unspecified atom stereocenters. The number of para-hydroxylation sites is 3. The first-order valence-corrected chi connectivity index (χ1v) is 9.10. The minimum atomic E-state index is -0.671. The third kappa shape index (κ3) is 2.63. The van der Waals surface area contributed by atoms with Gasteiger partial charge in [-0.05, 0) is 30.7 Å². The number of hydrogen-bond donors (Lipinski definition) is 2. The molecule has 3 heterocycles. The zero-order valence-corrected chi connectivity index (χ0v) is 14.8. The highest BCUT2D eigenvalue weighted by atomic mass is 16.4. The van der Waals surface area contributed by atoms with Crippen LogP contribution in [0.15, 0.2) is 63.8 Å². The molecular formula is C21H17N3O4. The Hall–Kier alpha value is -3.61. The lowest BCUT2D eigenvalue weighted by Crippen LogP contribution is -2.44. The van der Waals surface area contributed by atoms with Crippen molar-refractivity contribution in [3.8, 4) is 0 Å². The Labute approximate surface area is 159 Å². The highest BCUT2D eigenvalue weighted by Crippen LogP contribution is 2.36. The van der Waals surface area contributed by atoms with Crippen LogP contribution < -0.4 is 21.2 Å².